The number of nitrogens with one attached hydrogen (secondary N) is 1. The van der Waals surface area contributed by atoms with Gasteiger partial charge in [-0.3, -0.25) is 9.59 Å². The van der Waals surface area contributed by atoms with E-state index in [1.807, 2.05) is 48.5 Å². The average Bonchev–Trinajstić information content (AvgIpc) is 2.89. The summed E-state index contributed by atoms with van der Waals surface area (Å²) in [4.78, 5) is 27.7. The van der Waals surface area contributed by atoms with Gasteiger partial charge in [0.25, 0.3) is 5.91 Å². The van der Waals surface area contributed by atoms with E-state index in [9.17, 15) is 14.0 Å². The summed E-state index contributed by atoms with van der Waals surface area (Å²) in [7, 11) is 0. The van der Waals surface area contributed by atoms with Crippen LogP contribution in [0.1, 0.15) is 27.0 Å². The SMILES string of the molecule is N#Cc1ccc(C(=O)N(Cc2ccccc2)c2cccc(CC(=O)Nc3ccc(F)cc3)c2)cc1. The van der Waals surface area contributed by atoms with E-state index in [4.69, 9.17) is 5.26 Å². The summed E-state index contributed by atoms with van der Waals surface area (Å²) in [6.45, 7) is 0.338. The van der Waals surface area contributed by atoms with Crippen LogP contribution in [0.15, 0.2) is 103 Å². The molecule has 0 saturated carbocycles. The molecule has 172 valence electrons. The van der Waals surface area contributed by atoms with Gasteiger partial charge in [-0.15, -0.1) is 0 Å². The Kier molecular flexibility index (Phi) is 7.29. The zero-order chi connectivity index (χ0) is 24.6. The lowest BCUT2D eigenvalue weighted by atomic mass is 10.1. The van der Waals surface area contributed by atoms with Crippen LogP contribution in [0, 0.1) is 17.1 Å². The minimum absolute atomic E-state index is 0.0927. The zero-order valence-electron chi connectivity index (χ0n) is 18.8. The molecular formula is C29H22FN3O2. The predicted octanol–water partition coefficient (Wildman–Crippen LogP) is 5.73. The van der Waals surface area contributed by atoms with Crippen LogP contribution in [0.4, 0.5) is 15.8 Å². The second-order valence-corrected chi connectivity index (χ2v) is 7.97. The molecule has 4 aromatic rings. The second kappa shape index (κ2) is 10.9. The van der Waals surface area contributed by atoms with Crippen LogP contribution in [-0.2, 0) is 17.8 Å². The van der Waals surface area contributed by atoms with Crippen molar-refractivity contribution in [3.05, 3.63) is 131 Å². The Morgan fingerprint density at radius 3 is 2.20 bits per heavy atom. The van der Waals surface area contributed by atoms with Crippen molar-refractivity contribution in [2.75, 3.05) is 10.2 Å². The predicted molar refractivity (Wildman–Crippen MR) is 133 cm³/mol. The number of hydrogen-bond acceptors (Lipinski definition) is 3. The lowest BCUT2D eigenvalue weighted by Gasteiger charge is -2.24. The summed E-state index contributed by atoms with van der Waals surface area (Å²) in [5, 5.41) is 11.8. The highest BCUT2D eigenvalue weighted by atomic mass is 19.1. The maximum Gasteiger partial charge on any atom is 0.258 e. The van der Waals surface area contributed by atoms with Crippen molar-refractivity contribution in [1.82, 2.24) is 0 Å². The molecule has 1 N–H and O–H groups in total. The van der Waals surface area contributed by atoms with Crippen molar-refractivity contribution >= 4 is 23.2 Å². The topological polar surface area (TPSA) is 73.2 Å². The number of carbonyl (C=O) groups is 2. The van der Waals surface area contributed by atoms with E-state index in [0.717, 1.165) is 11.1 Å². The number of carbonyl (C=O) groups excluding carboxylic acids is 2. The van der Waals surface area contributed by atoms with Gasteiger partial charge in [0.1, 0.15) is 5.82 Å². The Morgan fingerprint density at radius 2 is 1.51 bits per heavy atom. The summed E-state index contributed by atoms with van der Waals surface area (Å²) < 4.78 is 13.1. The molecular weight excluding hydrogens is 441 g/mol. The number of halogens is 1. The van der Waals surface area contributed by atoms with Crippen LogP contribution in [0.25, 0.3) is 0 Å². The molecule has 0 fully saturated rings. The maximum absolute atomic E-state index is 13.5. The van der Waals surface area contributed by atoms with Gasteiger partial charge < -0.3 is 10.2 Å². The third-order valence-electron chi connectivity index (χ3n) is 5.40. The number of rotatable bonds is 7. The van der Waals surface area contributed by atoms with E-state index < -0.39 is 0 Å². The van der Waals surface area contributed by atoms with Crippen LogP contribution in [0.3, 0.4) is 0 Å². The summed E-state index contributed by atoms with van der Waals surface area (Å²) >= 11 is 0. The van der Waals surface area contributed by atoms with Gasteiger partial charge >= 0.3 is 0 Å². The Labute approximate surface area is 203 Å². The van der Waals surface area contributed by atoms with E-state index in [1.165, 1.54) is 24.3 Å². The zero-order valence-corrected chi connectivity index (χ0v) is 18.8. The molecule has 2 amide bonds. The molecule has 0 aliphatic carbocycles. The van der Waals surface area contributed by atoms with Crippen molar-refractivity contribution in [1.29, 1.82) is 5.26 Å². The van der Waals surface area contributed by atoms with Gasteiger partial charge in [-0.2, -0.15) is 5.26 Å². The highest BCUT2D eigenvalue weighted by molar-refractivity contribution is 6.06. The van der Waals surface area contributed by atoms with Crippen molar-refractivity contribution in [3.63, 3.8) is 0 Å². The summed E-state index contributed by atoms with van der Waals surface area (Å²) in [6.07, 6.45) is 0.0927. The fourth-order valence-corrected chi connectivity index (χ4v) is 3.65. The van der Waals surface area contributed by atoms with E-state index in [-0.39, 0.29) is 24.1 Å². The van der Waals surface area contributed by atoms with E-state index in [2.05, 4.69) is 11.4 Å². The molecule has 35 heavy (non-hydrogen) atoms. The minimum Gasteiger partial charge on any atom is -0.326 e. The Balaban J connectivity index is 1.58. The molecule has 0 atom stereocenters. The standard InChI is InChI=1S/C29H22FN3O2/c30-25-13-15-26(16-14-25)32-28(34)18-23-7-4-8-27(17-23)33(20-22-5-2-1-3-6-22)29(35)24-11-9-21(19-31)10-12-24/h1-17H,18,20H2,(H,32,34). The Hall–Kier alpha value is -4.76. The lowest BCUT2D eigenvalue weighted by molar-refractivity contribution is -0.115. The fourth-order valence-electron chi connectivity index (χ4n) is 3.65. The van der Waals surface area contributed by atoms with Crippen molar-refractivity contribution < 1.29 is 14.0 Å². The largest absolute Gasteiger partial charge is 0.326 e. The van der Waals surface area contributed by atoms with Gasteiger partial charge in [-0.05, 0) is 71.8 Å². The molecule has 0 bridgehead atoms. The molecule has 0 saturated heterocycles. The van der Waals surface area contributed by atoms with Crippen LogP contribution in [0.5, 0.6) is 0 Å². The van der Waals surface area contributed by atoms with E-state index >= 15 is 0 Å². The van der Waals surface area contributed by atoms with E-state index in [1.54, 1.807) is 35.2 Å². The van der Waals surface area contributed by atoms with Crippen LogP contribution in [0.2, 0.25) is 0 Å². The highest BCUT2D eigenvalue weighted by Crippen LogP contribution is 2.23. The molecule has 0 unspecified atom stereocenters. The summed E-state index contributed by atoms with van der Waals surface area (Å²) in [6, 6.07) is 31.0. The molecule has 0 radical (unpaired) electrons. The second-order valence-electron chi connectivity index (χ2n) is 7.97. The first-order chi connectivity index (χ1) is 17.0. The number of benzene rings is 4. The quantitative estimate of drug-likeness (QED) is 0.381. The molecule has 0 spiro atoms. The third-order valence-corrected chi connectivity index (χ3v) is 5.40. The average molecular weight is 464 g/mol. The van der Waals surface area contributed by atoms with Gasteiger partial charge in [-0.1, -0.05) is 42.5 Å². The van der Waals surface area contributed by atoms with E-state index in [0.29, 0.717) is 29.0 Å². The molecule has 6 heteroatoms. The van der Waals surface area contributed by atoms with Crippen molar-refractivity contribution in [3.8, 4) is 6.07 Å². The van der Waals surface area contributed by atoms with Gasteiger partial charge in [-0.25, -0.2) is 4.39 Å². The smallest absolute Gasteiger partial charge is 0.258 e. The van der Waals surface area contributed by atoms with Crippen LogP contribution in [-0.4, -0.2) is 11.8 Å². The minimum atomic E-state index is -0.374. The van der Waals surface area contributed by atoms with Crippen molar-refractivity contribution in [2.45, 2.75) is 13.0 Å². The number of nitrogens with zero attached hydrogens (tertiary/aromatic N) is 2. The maximum atomic E-state index is 13.5. The van der Waals surface area contributed by atoms with Crippen molar-refractivity contribution in [2.24, 2.45) is 0 Å². The van der Waals surface area contributed by atoms with Gasteiger partial charge in [0.2, 0.25) is 5.91 Å². The van der Waals surface area contributed by atoms with Gasteiger partial charge in [0.15, 0.2) is 0 Å². The Morgan fingerprint density at radius 1 is 0.829 bits per heavy atom. The first-order valence-electron chi connectivity index (χ1n) is 11.0. The van der Waals surface area contributed by atoms with Gasteiger partial charge in [0, 0.05) is 16.9 Å². The molecule has 0 aliphatic heterocycles. The van der Waals surface area contributed by atoms with Gasteiger partial charge in [0.05, 0.1) is 24.6 Å². The number of amides is 2. The molecule has 5 nitrogen and oxygen atoms in total. The fraction of sp³-hybridized carbons (Fsp3) is 0.0690. The number of hydrogen-bond donors (Lipinski definition) is 1. The molecule has 4 rings (SSSR count). The highest BCUT2D eigenvalue weighted by Gasteiger charge is 2.19. The molecule has 4 aromatic carbocycles. The molecule has 0 aromatic heterocycles. The number of nitriles is 1. The third kappa shape index (κ3) is 6.18. The van der Waals surface area contributed by atoms with Crippen LogP contribution < -0.4 is 10.2 Å². The summed E-state index contributed by atoms with van der Waals surface area (Å²) in [5.74, 6) is -0.839. The summed E-state index contributed by atoms with van der Waals surface area (Å²) in [5.41, 5.74) is 3.77. The first kappa shape index (κ1) is 23.4. The molecule has 0 aliphatic rings. The number of anilines is 2. The van der Waals surface area contributed by atoms with Crippen LogP contribution >= 0.6 is 0 Å². The Bertz CT molecular complexity index is 1360. The lowest BCUT2D eigenvalue weighted by Crippen LogP contribution is -2.30. The monoisotopic (exact) mass is 463 g/mol. The first-order valence-corrected chi connectivity index (χ1v) is 11.0. The normalized spacial score (nSPS) is 10.3. The molecule has 0 heterocycles.